The van der Waals surface area contributed by atoms with E-state index >= 15 is 0 Å². The van der Waals surface area contributed by atoms with E-state index in [4.69, 9.17) is 0 Å². The molecule has 17 heavy (non-hydrogen) atoms. The lowest BCUT2D eigenvalue weighted by atomic mass is 10.2. The van der Waals surface area contributed by atoms with Crippen molar-refractivity contribution in [3.63, 3.8) is 0 Å². The van der Waals surface area contributed by atoms with Crippen LogP contribution in [0.3, 0.4) is 0 Å². The van der Waals surface area contributed by atoms with Gasteiger partial charge in [-0.2, -0.15) is 0 Å². The minimum Gasteiger partial charge on any atom is -0.378 e. The maximum atomic E-state index is 2.53. The van der Waals surface area contributed by atoms with Gasteiger partial charge in [0.15, 0.2) is 0 Å². The zero-order chi connectivity index (χ0) is 12.7. The smallest absolute Gasteiger partial charge is 0.0361 e. The van der Waals surface area contributed by atoms with Crippen molar-refractivity contribution in [1.29, 1.82) is 0 Å². The Balaban J connectivity index is 2.59. The van der Waals surface area contributed by atoms with Crippen LogP contribution < -0.4 is 4.90 Å². The molecule has 96 valence electrons. The molecule has 2 heteroatoms. The fraction of sp³-hybridized carbons (Fsp3) is 0.600. The molecule has 0 heterocycles. The normalized spacial score (nSPS) is 10.9. The van der Waals surface area contributed by atoms with E-state index in [0.717, 1.165) is 6.54 Å². The largest absolute Gasteiger partial charge is 0.378 e. The topological polar surface area (TPSA) is 6.48 Å². The summed E-state index contributed by atoms with van der Waals surface area (Å²) >= 11 is 0. The lowest BCUT2D eigenvalue weighted by Crippen LogP contribution is -2.24. The average Bonchev–Trinajstić information content (AvgIpc) is 2.30. The van der Waals surface area contributed by atoms with Gasteiger partial charge in [0.1, 0.15) is 0 Å². The van der Waals surface area contributed by atoms with Crippen LogP contribution in [0.1, 0.15) is 32.3 Å². The van der Waals surface area contributed by atoms with Crippen molar-refractivity contribution in [2.75, 3.05) is 32.1 Å². The summed E-state index contributed by atoms with van der Waals surface area (Å²) in [6, 6.07) is 8.89. The predicted molar refractivity (Wildman–Crippen MR) is 76.6 cm³/mol. The lowest BCUT2D eigenvalue weighted by molar-refractivity contribution is 0.266. The number of hydrogen-bond donors (Lipinski definition) is 0. The molecule has 0 saturated heterocycles. The van der Waals surface area contributed by atoms with Crippen molar-refractivity contribution in [3.8, 4) is 0 Å². The minimum atomic E-state index is 1.08. The zero-order valence-electron chi connectivity index (χ0n) is 11.7. The van der Waals surface area contributed by atoms with Gasteiger partial charge >= 0.3 is 0 Å². The fourth-order valence-corrected chi connectivity index (χ4v) is 2.06. The van der Waals surface area contributed by atoms with Gasteiger partial charge in [0, 0.05) is 26.3 Å². The molecule has 0 aromatic heterocycles. The molecule has 0 bridgehead atoms. The highest BCUT2D eigenvalue weighted by molar-refractivity contribution is 5.45. The van der Waals surface area contributed by atoms with Crippen LogP contribution in [0.25, 0.3) is 0 Å². The average molecular weight is 234 g/mol. The highest BCUT2D eigenvalue weighted by Crippen LogP contribution is 2.14. The summed E-state index contributed by atoms with van der Waals surface area (Å²) in [6.45, 7) is 7.97. The summed E-state index contributed by atoms with van der Waals surface area (Å²) < 4.78 is 0. The molecule has 2 nitrogen and oxygen atoms in total. The molecule has 0 N–H and O–H groups in total. The summed E-state index contributed by atoms with van der Waals surface area (Å²) in [5, 5.41) is 0. The summed E-state index contributed by atoms with van der Waals surface area (Å²) in [4.78, 5) is 4.67. The van der Waals surface area contributed by atoms with E-state index in [1.807, 2.05) is 0 Å². The van der Waals surface area contributed by atoms with Gasteiger partial charge < -0.3 is 4.90 Å². The van der Waals surface area contributed by atoms with Crippen molar-refractivity contribution in [2.45, 2.75) is 33.2 Å². The summed E-state index contributed by atoms with van der Waals surface area (Å²) in [6.07, 6.45) is 2.46. The third-order valence-electron chi connectivity index (χ3n) is 2.94. The SMILES string of the molecule is CCCN(CCC)Cc1ccc(N(C)C)cc1. The number of rotatable bonds is 7. The minimum absolute atomic E-state index is 1.08. The van der Waals surface area contributed by atoms with Crippen LogP contribution in [0.5, 0.6) is 0 Å². The van der Waals surface area contributed by atoms with Gasteiger partial charge in [0.2, 0.25) is 0 Å². The maximum Gasteiger partial charge on any atom is 0.0361 e. The lowest BCUT2D eigenvalue weighted by Gasteiger charge is -2.21. The van der Waals surface area contributed by atoms with Crippen molar-refractivity contribution in [1.82, 2.24) is 4.90 Å². The van der Waals surface area contributed by atoms with E-state index in [9.17, 15) is 0 Å². The fourth-order valence-electron chi connectivity index (χ4n) is 2.06. The Hall–Kier alpha value is -1.02. The molecule has 0 spiro atoms. The van der Waals surface area contributed by atoms with E-state index < -0.39 is 0 Å². The molecule has 0 radical (unpaired) electrons. The van der Waals surface area contributed by atoms with E-state index in [0.29, 0.717) is 0 Å². The summed E-state index contributed by atoms with van der Waals surface area (Å²) in [7, 11) is 4.16. The molecule has 0 unspecified atom stereocenters. The molecular weight excluding hydrogens is 208 g/mol. The van der Waals surface area contributed by atoms with Crippen molar-refractivity contribution in [2.24, 2.45) is 0 Å². The van der Waals surface area contributed by atoms with E-state index in [1.54, 1.807) is 0 Å². The number of nitrogens with zero attached hydrogens (tertiary/aromatic N) is 2. The second-order valence-corrected chi connectivity index (χ2v) is 4.84. The molecule has 0 aliphatic carbocycles. The Labute approximate surface area is 106 Å². The number of anilines is 1. The Morgan fingerprint density at radius 1 is 0.882 bits per heavy atom. The molecule has 0 aliphatic heterocycles. The van der Waals surface area contributed by atoms with Crippen molar-refractivity contribution >= 4 is 5.69 Å². The Morgan fingerprint density at radius 2 is 1.41 bits per heavy atom. The van der Waals surface area contributed by atoms with Gasteiger partial charge in [-0.1, -0.05) is 26.0 Å². The van der Waals surface area contributed by atoms with Gasteiger partial charge in [-0.3, -0.25) is 4.90 Å². The first-order valence-corrected chi connectivity index (χ1v) is 6.66. The zero-order valence-corrected chi connectivity index (χ0v) is 11.7. The van der Waals surface area contributed by atoms with Crippen LogP contribution in [0, 0.1) is 0 Å². The third-order valence-corrected chi connectivity index (χ3v) is 2.94. The van der Waals surface area contributed by atoms with Gasteiger partial charge in [-0.25, -0.2) is 0 Å². The second-order valence-electron chi connectivity index (χ2n) is 4.84. The molecular formula is C15H26N2. The first kappa shape index (κ1) is 14.0. The standard InChI is InChI=1S/C15H26N2/c1-5-11-17(12-6-2)13-14-7-9-15(10-8-14)16(3)4/h7-10H,5-6,11-13H2,1-4H3. The monoisotopic (exact) mass is 234 g/mol. The van der Waals surface area contributed by atoms with E-state index in [2.05, 4.69) is 62.0 Å². The van der Waals surface area contributed by atoms with Gasteiger partial charge in [0.25, 0.3) is 0 Å². The molecule has 0 atom stereocenters. The van der Waals surface area contributed by atoms with Crippen LogP contribution in [0.4, 0.5) is 5.69 Å². The first-order chi connectivity index (χ1) is 8.17. The Bertz CT molecular complexity index is 297. The second kappa shape index (κ2) is 7.33. The summed E-state index contributed by atoms with van der Waals surface area (Å²) in [5.41, 5.74) is 2.68. The van der Waals surface area contributed by atoms with Crippen LogP contribution in [-0.4, -0.2) is 32.1 Å². The van der Waals surface area contributed by atoms with Crippen LogP contribution in [0.15, 0.2) is 24.3 Å². The molecule has 0 aliphatic rings. The number of benzene rings is 1. The Kier molecular flexibility index (Phi) is 6.06. The van der Waals surface area contributed by atoms with Gasteiger partial charge in [0.05, 0.1) is 0 Å². The van der Waals surface area contributed by atoms with E-state index in [-0.39, 0.29) is 0 Å². The maximum absolute atomic E-state index is 2.53. The van der Waals surface area contributed by atoms with E-state index in [1.165, 1.54) is 37.2 Å². The van der Waals surface area contributed by atoms with Gasteiger partial charge in [-0.05, 0) is 43.6 Å². The van der Waals surface area contributed by atoms with Crippen molar-refractivity contribution in [3.05, 3.63) is 29.8 Å². The third kappa shape index (κ3) is 4.78. The molecule has 0 fully saturated rings. The van der Waals surface area contributed by atoms with Crippen LogP contribution in [0.2, 0.25) is 0 Å². The molecule has 1 rings (SSSR count). The van der Waals surface area contributed by atoms with Crippen molar-refractivity contribution < 1.29 is 0 Å². The van der Waals surface area contributed by atoms with Crippen LogP contribution in [-0.2, 0) is 6.54 Å². The first-order valence-electron chi connectivity index (χ1n) is 6.66. The highest BCUT2D eigenvalue weighted by Gasteiger charge is 2.04. The highest BCUT2D eigenvalue weighted by atomic mass is 15.1. The Morgan fingerprint density at radius 3 is 1.82 bits per heavy atom. The molecule has 1 aromatic carbocycles. The number of hydrogen-bond acceptors (Lipinski definition) is 2. The van der Waals surface area contributed by atoms with Crippen LogP contribution >= 0.6 is 0 Å². The molecule has 1 aromatic rings. The predicted octanol–water partition coefficient (Wildman–Crippen LogP) is 3.37. The van der Waals surface area contributed by atoms with Gasteiger partial charge in [-0.15, -0.1) is 0 Å². The quantitative estimate of drug-likeness (QED) is 0.713. The summed E-state index contributed by atoms with van der Waals surface area (Å²) in [5.74, 6) is 0. The molecule has 0 saturated carbocycles. The molecule has 0 amide bonds.